The highest BCUT2D eigenvalue weighted by Gasteiger charge is 2.21. The maximum atomic E-state index is 8.85. The van der Waals surface area contributed by atoms with Gasteiger partial charge in [-0.1, -0.05) is 0 Å². The van der Waals surface area contributed by atoms with Crippen molar-refractivity contribution >= 4 is 5.82 Å². The van der Waals surface area contributed by atoms with Gasteiger partial charge in [-0.15, -0.1) is 0 Å². The minimum atomic E-state index is 0.204. The lowest BCUT2D eigenvalue weighted by atomic mass is 10.1. The van der Waals surface area contributed by atoms with Crippen LogP contribution in [-0.2, 0) is 20.0 Å². The van der Waals surface area contributed by atoms with Crippen molar-refractivity contribution in [2.45, 2.75) is 13.0 Å². The number of rotatable bonds is 2. The molecule has 0 atom stereocenters. The highest BCUT2D eigenvalue weighted by Crippen LogP contribution is 2.22. The predicted molar refractivity (Wildman–Crippen MR) is 53.7 cm³/mol. The Hall–Kier alpha value is -1.07. The van der Waals surface area contributed by atoms with Crippen molar-refractivity contribution in [1.29, 1.82) is 0 Å². The summed E-state index contributed by atoms with van der Waals surface area (Å²) in [5.41, 5.74) is 8.14. The molecule has 0 radical (unpaired) electrons. The molecule has 0 fully saturated rings. The van der Waals surface area contributed by atoms with Crippen molar-refractivity contribution in [3.8, 4) is 0 Å². The van der Waals surface area contributed by atoms with Crippen LogP contribution in [0.4, 0.5) is 5.82 Å². The molecule has 3 N–H and O–H groups in total. The van der Waals surface area contributed by atoms with Crippen LogP contribution in [0.5, 0.6) is 0 Å². The molecule has 0 aromatic carbocycles. The number of nitrogens with zero attached hydrogens (tertiary/aromatic N) is 3. The number of aryl methyl sites for hydroxylation is 1. The largest absolute Gasteiger partial charge is 0.395 e. The number of aromatic nitrogens is 2. The van der Waals surface area contributed by atoms with Crippen LogP contribution in [0.3, 0.4) is 0 Å². The number of aliphatic hydroxyl groups excluding tert-OH is 1. The maximum Gasteiger partial charge on any atom is 0.126 e. The topological polar surface area (TPSA) is 67.3 Å². The number of anilines is 1. The molecule has 1 aliphatic rings. The van der Waals surface area contributed by atoms with Crippen LogP contribution in [-0.4, -0.2) is 39.5 Å². The molecule has 0 amide bonds. The molecule has 0 aliphatic carbocycles. The number of β-amino-alcohol motifs (C(OH)–C–C–N with tert-alkyl or cyclic N) is 1. The van der Waals surface area contributed by atoms with Gasteiger partial charge in [0.2, 0.25) is 0 Å². The van der Waals surface area contributed by atoms with Gasteiger partial charge in [0.05, 0.1) is 12.3 Å². The van der Waals surface area contributed by atoms with E-state index in [1.165, 1.54) is 0 Å². The fourth-order valence-corrected chi connectivity index (χ4v) is 1.91. The maximum absolute atomic E-state index is 8.85. The van der Waals surface area contributed by atoms with Gasteiger partial charge >= 0.3 is 0 Å². The van der Waals surface area contributed by atoms with E-state index < -0.39 is 0 Å². The minimum absolute atomic E-state index is 0.204. The second kappa shape index (κ2) is 3.59. The minimum Gasteiger partial charge on any atom is -0.395 e. The summed E-state index contributed by atoms with van der Waals surface area (Å²) in [7, 11) is 1.87. The summed E-state index contributed by atoms with van der Waals surface area (Å²) in [5.74, 6) is 0.752. The van der Waals surface area contributed by atoms with Crippen molar-refractivity contribution in [3.63, 3.8) is 0 Å². The van der Waals surface area contributed by atoms with Crippen LogP contribution in [0, 0.1) is 0 Å². The molecule has 0 unspecified atom stereocenters. The summed E-state index contributed by atoms with van der Waals surface area (Å²) in [6.45, 7) is 2.70. The summed E-state index contributed by atoms with van der Waals surface area (Å²) < 4.78 is 1.73. The summed E-state index contributed by atoms with van der Waals surface area (Å²) in [5, 5.41) is 13.2. The Labute approximate surface area is 83.1 Å². The fraction of sp³-hybridized carbons (Fsp3) is 0.667. The molecule has 1 aromatic rings. The highest BCUT2D eigenvalue weighted by atomic mass is 16.3. The quantitative estimate of drug-likeness (QED) is 0.660. The second-order valence-electron chi connectivity index (χ2n) is 3.68. The molecule has 0 saturated heterocycles. The first-order chi connectivity index (χ1) is 6.72. The molecule has 78 valence electrons. The Kier molecular flexibility index (Phi) is 2.43. The number of hydrogen-bond acceptors (Lipinski definition) is 4. The number of fused-ring (bicyclic) bond motifs is 1. The van der Waals surface area contributed by atoms with Crippen LogP contribution >= 0.6 is 0 Å². The Morgan fingerprint density at radius 3 is 3.07 bits per heavy atom. The molecule has 1 aromatic heterocycles. The number of nitrogen functional groups attached to an aromatic ring is 1. The monoisotopic (exact) mass is 196 g/mol. The van der Waals surface area contributed by atoms with Crippen LogP contribution in [0.1, 0.15) is 11.3 Å². The third-order valence-corrected chi connectivity index (χ3v) is 2.74. The Bertz CT molecular complexity index is 334. The standard InChI is InChI=1S/C9H16N4O/c1-12-9(10)7-6-13(4-5-14)3-2-8(7)11-12/h14H,2-6,10H2,1H3. The summed E-state index contributed by atoms with van der Waals surface area (Å²) in [4.78, 5) is 2.19. The van der Waals surface area contributed by atoms with E-state index in [9.17, 15) is 0 Å². The lowest BCUT2D eigenvalue weighted by Crippen LogP contribution is -2.32. The van der Waals surface area contributed by atoms with E-state index >= 15 is 0 Å². The zero-order valence-electron chi connectivity index (χ0n) is 8.40. The lowest BCUT2D eigenvalue weighted by Gasteiger charge is -2.25. The molecular formula is C9H16N4O. The molecule has 0 bridgehead atoms. The fourth-order valence-electron chi connectivity index (χ4n) is 1.91. The van der Waals surface area contributed by atoms with E-state index in [1.54, 1.807) is 4.68 Å². The van der Waals surface area contributed by atoms with Crippen molar-refractivity contribution in [2.24, 2.45) is 7.05 Å². The first kappa shape index (κ1) is 9.48. The van der Waals surface area contributed by atoms with Crippen LogP contribution in [0.25, 0.3) is 0 Å². The van der Waals surface area contributed by atoms with Crippen molar-refractivity contribution in [2.75, 3.05) is 25.4 Å². The Morgan fingerprint density at radius 1 is 1.57 bits per heavy atom. The first-order valence-electron chi connectivity index (χ1n) is 4.86. The molecule has 1 aliphatic heterocycles. The smallest absolute Gasteiger partial charge is 0.126 e. The normalized spacial score (nSPS) is 17.0. The predicted octanol–water partition coefficient (Wildman–Crippen LogP) is -0.647. The second-order valence-corrected chi connectivity index (χ2v) is 3.68. The lowest BCUT2D eigenvalue weighted by molar-refractivity contribution is 0.184. The number of nitrogens with two attached hydrogens (primary N) is 1. The molecule has 2 heterocycles. The van der Waals surface area contributed by atoms with E-state index in [-0.39, 0.29) is 6.61 Å². The van der Waals surface area contributed by atoms with Crippen LogP contribution < -0.4 is 5.73 Å². The van der Waals surface area contributed by atoms with E-state index in [2.05, 4.69) is 10.00 Å². The summed E-state index contributed by atoms with van der Waals surface area (Å²) >= 11 is 0. The van der Waals surface area contributed by atoms with Gasteiger partial charge in [-0.2, -0.15) is 5.10 Å². The molecule has 5 nitrogen and oxygen atoms in total. The Morgan fingerprint density at radius 2 is 2.36 bits per heavy atom. The third kappa shape index (κ3) is 1.49. The zero-order valence-corrected chi connectivity index (χ0v) is 8.40. The van der Waals surface area contributed by atoms with Gasteiger partial charge in [0.15, 0.2) is 0 Å². The van der Waals surface area contributed by atoms with Crippen LogP contribution in [0.2, 0.25) is 0 Å². The van der Waals surface area contributed by atoms with E-state index in [0.29, 0.717) is 6.54 Å². The highest BCUT2D eigenvalue weighted by molar-refractivity contribution is 5.44. The third-order valence-electron chi connectivity index (χ3n) is 2.74. The average Bonchev–Trinajstić information content (AvgIpc) is 2.45. The molecule has 14 heavy (non-hydrogen) atoms. The van der Waals surface area contributed by atoms with Gasteiger partial charge in [-0.3, -0.25) is 9.58 Å². The summed E-state index contributed by atoms with van der Waals surface area (Å²) in [6, 6.07) is 0. The Balaban J connectivity index is 2.20. The van der Waals surface area contributed by atoms with Crippen molar-refractivity contribution in [3.05, 3.63) is 11.3 Å². The van der Waals surface area contributed by atoms with Gasteiger partial charge in [0.1, 0.15) is 5.82 Å². The van der Waals surface area contributed by atoms with Crippen molar-refractivity contribution in [1.82, 2.24) is 14.7 Å². The first-order valence-corrected chi connectivity index (χ1v) is 4.86. The van der Waals surface area contributed by atoms with Crippen molar-refractivity contribution < 1.29 is 5.11 Å². The SMILES string of the molecule is Cn1nc2c(c1N)CN(CCO)CC2. The number of hydrogen-bond donors (Lipinski definition) is 2. The molecule has 5 heteroatoms. The van der Waals surface area contributed by atoms with Gasteiger partial charge in [0.25, 0.3) is 0 Å². The van der Waals surface area contributed by atoms with Crippen LogP contribution in [0.15, 0.2) is 0 Å². The van der Waals surface area contributed by atoms with Gasteiger partial charge in [0, 0.05) is 38.7 Å². The van der Waals surface area contributed by atoms with Gasteiger partial charge in [-0.25, -0.2) is 0 Å². The van der Waals surface area contributed by atoms with Gasteiger partial charge < -0.3 is 10.8 Å². The molecule has 0 spiro atoms. The van der Waals surface area contributed by atoms with E-state index in [1.807, 2.05) is 7.05 Å². The van der Waals surface area contributed by atoms with E-state index in [0.717, 1.165) is 36.6 Å². The molecule has 2 rings (SSSR count). The summed E-state index contributed by atoms with van der Waals surface area (Å²) in [6.07, 6.45) is 0.931. The van der Waals surface area contributed by atoms with E-state index in [4.69, 9.17) is 10.8 Å². The zero-order chi connectivity index (χ0) is 10.1. The number of aliphatic hydroxyl groups is 1. The molecular weight excluding hydrogens is 180 g/mol. The average molecular weight is 196 g/mol. The molecule has 0 saturated carbocycles. The van der Waals surface area contributed by atoms with Gasteiger partial charge in [-0.05, 0) is 0 Å².